The van der Waals surface area contributed by atoms with Crippen LogP contribution in [0.15, 0.2) is 57.5 Å². The van der Waals surface area contributed by atoms with Crippen molar-refractivity contribution in [2.45, 2.75) is 20.3 Å². The lowest BCUT2D eigenvalue weighted by molar-refractivity contribution is 0.451. The molecule has 0 unspecified atom stereocenters. The number of allylic oxidation sites excluding steroid dienone is 2. The third-order valence-electron chi connectivity index (χ3n) is 4.01. The van der Waals surface area contributed by atoms with Crippen LogP contribution < -0.4 is 5.43 Å². The molecular formula is C20H18O5. The number of aromatic hydroxyl groups is 3. The first-order valence-corrected chi connectivity index (χ1v) is 7.80. The third-order valence-corrected chi connectivity index (χ3v) is 4.01. The molecule has 0 atom stereocenters. The molecule has 5 heteroatoms. The SMILES string of the molecule is CC(C)=CCc1c(O)ccc2c(=O)c(-c3ccc(O)cc3O)coc12. The summed E-state index contributed by atoms with van der Waals surface area (Å²) in [5.74, 6) is -0.246. The van der Waals surface area contributed by atoms with Gasteiger partial charge in [-0.1, -0.05) is 11.6 Å². The van der Waals surface area contributed by atoms with Crippen molar-refractivity contribution >= 4 is 11.0 Å². The monoisotopic (exact) mass is 338 g/mol. The minimum Gasteiger partial charge on any atom is -0.508 e. The average molecular weight is 338 g/mol. The van der Waals surface area contributed by atoms with Gasteiger partial charge in [0.2, 0.25) is 5.43 Å². The van der Waals surface area contributed by atoms with Gasteiger partial charge in [-0.05, 0) is 44.5 Å². The number of phenols is 3. The van der Waals surface area contributed by atoms with Gasteiger partial charge in [-0.2, -0.15) is 0 Å². The van der Waals surface area contributed by atoms with Gasteiger partial charge < -0.3 is 19.7 Å². The van der Waals surface area contributed by atoms with Gasteiger partial charge in [0.05, 0.1) is 10.9 Å². The highest BCUT2D eigenvalue weighted by Gasteiger charge is 2.16. The number of benzene rings is 2. The van der Waals surface area contributed by atoms with Crippen molar-refractivity contribution in [3.8, 4) is 28.4 Å². The van der Waals surface area contributed by atoms with Crippen molar-refractivity contribution in [3.63, 3.8) is 0 Å². The van der Waals surface area contributed by atoms with Crippen LogP contribution in [0, 0.1) is 0 Å². The summed E-state index contributed by atoms with van der Waals surface area (Å²) in [6, 6.07) is 6.97. The molecule has 0 aliphatic carbocycles. The highest BCUT2D eigenvalue weighted by Crippen LogP contribution is 2.33. The van der Waals surface area contributed by atoms with Crippen molar-refractivity contribution in [3.05, 3.63) is 64.0 Å². The topological polar surface area (TPSA) is 90.9 Å². The second kappa shape index (κ2) is 6.36. The molecule has 128 valence electrons. The molecule has 0 saturated carbocycles. The molecule has 3 N–H and O–H groups in total. The zero-order valence-corrected chi connectivity index (χ0v) is 13.9. The normalized spacial score (nSPS) is 10.8. The summed E-state index contributed by atoms with van der Waals surface area (Å²) < 4.78 is 5.64. The Balaban J connectivity index is 2.23. The van der Waals surface area contributed by atoms with E-state index in [1.165, 1.54) is 30.5 Å². The maximum atomic E-state index is 12.8. The lowest BCUT2D eigenvalue weighted by Crippen LogP contribution is -2.06. The second-order valence-electron chi connectivity index (χ2n) is 6.11. The van der Waals surface area contributed by atoms with E-state index < -0.39 is 0 Å². The summed E-state index contributed by atoms with van der Waals surface area (Å²) in [6.07, 6.45) is 3.65. The number of fused-ring (bicyclic) bond motifs is 1. The molecule has 0 fully saturated rings. The highest BCUT2D eigenvalue weighted by molar-refractivity contribution is 5.86. The predicted molar refractivity (Wildman–Crippen MR) is 96.0 cm³/mol. The van der Waals surface area contributed by atoms with Crippen LogP contribution in [-0.2, 0) is 6.42 Å². The van der Waals surface area contributed by atoms with Crippen molar-refractivity contribution in [1.82, 2.24) is 0 Å². The van der Waals surface area contributed by atoms with Gasteiger partial charge in [0.1, 0.15) is 29.1 Å². The smallest absolute Gasteiger partial charge is 0.200 e. The summed E-state index contributed by atoms with van der Waals surface area (Å²) in [6.45, 7) is 3.90. The number of hydrogen-bond acceptors (Lipinski definition) is 5. The van der Waals surface area contributed by atoms with E-state index in [2.05, 4.69) is 0 Å². The first-order chi connectivity index (χ1) is 11.9. The number of hydrogen-bond donors (Lipinski definition) is 3. The Hall–Kier alpha value is -3.21. The van der Waals surface area contributed by atoms with E-state index in [1.807, 2.05) is 19.9 Å². The van der Waals surface area contributed by atoms with Crippen LogP contribution in [0.4, 0.5) is 0 Å². The largest absolute Gasteiger partial charge is 0.508 e. The van der Waals surface area contributed by atoms with E-state index in [1.54, 1.807) is 0 Å². The Morgan fingerprint density at radius 1 is 1.04 bits per heavy atom. The molecule has 0 aliphatic heterocycles. The van der Waals surface area contributed by atoms with Crippen molar-refractivity contribution < 1.29 is 19.7 Å². The van der Waals surface area contributed by atoms with Gasteiger partial charge in [-0.3, -0.25) is 4.79 Å². The molecule has 0 amide bonds. The summed E-state index contributed by atoms with van der Waals surface area (Å²) in [5, 5.41) is 29.8. The van der Waals surface area contributed by atoms with Crippen LogP contribution >= 0.6 is 0 Å². The van der Waals surface area contributed by atoms with E-state index in [-0.39, 0.29) is 33.8 Å². The molecular weight excluding hydrogens is 320 g/mol. The zero-order chi connectivity index (χ0) is 18.1. The van der Waals surface area contributed by atoms with Gasteiger partial charge in [-0.15, -0.1) is 0 Å². The van der Waals surface area contributed by atoms with E-state index in [4.69, 9.17) is 4.42 Å². The summed E-state index contributed by atoms with van der Waals surface area (Å²) in [4.78, 5) is 12.8. The standard InChI is InChI=1S/C20H18O5/c1-11(2)3-5-14-17(22)8-7-15-19(24)16(10-25-20(14)15)13-6-4-12(21)9-18(13)23/h3-4,6-10,21-23H,5H2,1-2H3. The summed E-state index contributed by atoms with van der Waals surface area (Å²) >= 11 is 0. The molecule has 0 radical (unpaired) electrons. The molecule has 1 heterocycles. The molecule has 0 aliphatic rings. The first-order valence-electron chi connectivity index (χ1n) is 7.80. The fourth-order valence-corrected chi connectivity index (χ4v) is 2.68. The molecule has 1 aromatic heterocycles. The van der Waals surface area contributed by atoms with Crippen LogP contribution in [0.5, 0.6) is 17.2 Å². The lowest BCUT2D eigenvalue weighted by atomic mass is 10.0. The maximum absolute atomic E-state index is 12.8. The molecule has 0 spiro atoms. The van der Waals surface area contributed by atoms with Crippen LogP contribution in [-0.4, -0.2) is 15.3 Å². The zero-order valence-electron chi connectivity index (χ0n) is 13.9. The van der Waals surface area contributed by atoms with E-state index >= 15 is 0 Å². The Morgan fingerprint density at radius 2 is 1.80 bits per heavy atom. The average Bonchev–Trinajstić information content (AvgIpc) is 2.55. The Kier molecular flexibility index (Phi) is 4.23. The fraction of sp³-hybridized carbons (Fsp3) is 0.150. The molecule has 0 bridgehead atoms. The van der Waals surface area contributed by atoms with Crippen LogP contribution in [0.1, 0.15) is 19.4 Å². The third kappa shape index (κ3) is 3.08. The molecule has 3 aromatic rings. The van der Waals surface area contributed by atoms with E-state index in [9.17, 15) is 20.1 Å². The summed E-state index contributed by atoms with van der Waals surface area (Å²) in [7, 11) is 0. The highest BCUT2D eigenvalue weighted by atomic mass is 16.3. The van der Waals surface area contributed by atoms with Crippen molar-refractivity contribution in [2.75, 3.05) is 0 Å². The van der Waals surface area contributed by atoms with Gasteiger partial charge in [-0.25, -0.2) is 0 Å². The van der Waals surface area contributed by atoms with Crippen LogP contribution in [0.3, 0.4) is 0 Å². The maximum Gasteiger partial charge on any atom is 0.200 e. The fourth-order valence-electron chi connectivity index (χ4n) is 2.68. The lowest BCUT2D eigenvalue weighted by Gasteiger charge is -2.09. The van der Waals surface area contributed by atoms with E-state index in [0.717, 1.165) is 11.6 Å². The van der Waals surface area contributed by atoms with Gasteiger partial charge in [0.15, 0.2) is 0 Å². The Labute approximate surface area is 144 Å². The van der Waals surface area contributed by atoms with Gasteiger partial charge in [0, 0.05) is 17.2 Å². The quantitative estimate of drug-likeness (QED) is 0.626. The molecule has 3 rings (SSSR count). The van der Waals surface area contributed by atoms with Crippen LogP contribution in [0.2, 0.25) is 0 Å². The van der Waals surface area contributed by atoms with Crippen LogP contribution in [0.25, 0.3) is 22.1 Å². The molecule has 5 nitrogen and oxygen atoms in total. The van der Waals surface area contributed by atoms with Crippen molar-refractivity contribution in [1.29, 1.82) is 0 Å². The molecule has 0 saturated heterocycles. The van der Waals surface area contributed by atoms with Gasteiger partial charge in [0.25, 0.3) is 0 Å². The van der Waals surface area contributed by atoms with Crippen molar-refractivity contribution in [2.24, 2.45) is 0 Å². The Morgan fingerprint density at radius 3 is 2.48 bits per heavy atom. The number of phenolic OH excluding ortho intramolecular Hbond substituents is 3. The summed E-state index contributed by atoms with van der Waals surface area (Å²) in [5.41, 5.74) is 2.09. The minimum absolute atomic E-state index is 0.0633. The van der Waals surface area contributed by atoms with E-state index in [0.29, 0.717) is 23.0 Å². The first kappa shape index (κ1) is 16.6. The minimum atomic E-state index is -0.319. The number of rotatable bonds is 3. The predicted octanol–water partition coefficient (Wildman–Crippen LogP) is 4.09. The second-order valence-corrected chi connectivity index (χ2v) is 6.11. The molecule has 25 heavy (non-hydrogen) atoms. The molecule has 2 aromatic carbocycles. The van der Waals surface area contributed by atoms with Gasteiger partial charge >= 0.3 is 0 Å². The Bertz CT molecular complexity index is 1040.